The van der Waals surface area contributed by atoms with E-state index in [1.54, 1.807) is 0 Å². The van der Waals surface area contributed by atoms with Crippen molar-refractivity contribution in [1.29, 1.82) is 0 Å². The Balaban J connectivity index is 4.16. The van der Waals surface area contributed by atoms with E-state index in [2.05, 4.69) is 27.7 Å². The third kappa shape index (κ3) is 53.6. The molecule has 0 radical (unpaired) electrons. The van der Waals surface area contributed by atoms with Crippen molar-refractivity contribution < 1.29 is 28.6 Å². The molecule has 0 aliphatic carbocycles. The Morgan fingerprint density at radius 3 is 0.776 bits per heavy atom. The van der Waals surface area contributed by atoms with Crippen LogP contribution in [0.1, 0.15) is 349 Å². The van der Waals surface area contributed by atoms with Crippen molar-refractivity contribution in [3.8, 4) is 0 Å². The molecule has 0 amide bonds. The van der Waals surface area contributed by atoms with Crippen LogP contribution in [0.3, 0.4) is 0 Å². The third-order valence-corrected chi connectivity index (χ3v) is 14.4. The summed E-state index contributed by atoms with van der Waals surface area (Å²) < 4.78 is 16.9. The van der Waals surface area contributed by atoms with E-state index in [9.17, 15) is 14.4 Å². The van der Waals surface area contributed by atoms with Crippen LogP contribution < -0.4 is 0 Å². The topological polar surface area (TPSA) is 78.9 Å². The van der Waals surface area contributed by atoms with Gasteiger partial charge in [-0.3, -0.25) is 14.4 Å². The maximum atomic E-state index is 12.8. The fourth-order valence-electron chi connectivity index (χ4n) is 9.42. The number of hydrogen-bond acceptors (Lipinski definition) is 6. The molecule has 0 heterocycles. The van der Waals surface area contributed by atoms with Crippen LogP contribution >= 0.6 is 0 Å². The Morgan fingerprint density at radius 1 is 0.299 bits per heavy atom. The molecule has 0 aliphatic heterocycles. The lowest BCUT2D eigenvalue weighted by atomic mass is 9.99. The molecule has 1 unspecified atom stereocenters. The second kappa shape index (κ2) is 55.3. The van der Waals surface area contributed by atoms with E-state index in [-0.39, 0.29) is 31.1 Å². The standard InChI is InChI=1S/C61H118O6/c1-5-8-10-12-14-16-18-19-20-23-27-30-33-37-40-44-48-52-59(62)65-55-58(67-61(64)54-50-46-42-36-17-15-13-11-9-6-2)56-66-60(63)53-49-45-41-38-34-31-28-25-22-21-24-26-29-32-35-39-43-47-51-57(4)7-3/h57-58H,5-56H2,1-4H3/t57?,58-/m1/s1. The highest BCUT2D eigenvalue weighted by Gasteiger charge is 2.19. The summed E-state index contributed by atoms with van der Waals surface area (Å²) in [6.45, 7) is 9.10. The first-order valence-corrected chi connectivity index (χ1v) is 30.4. The first-order valence-electron chi connectivity index (χ1n) is 30.4. The van der Waals surface area contributed by atoms with Gasteiger partial charge in [0.05, 0.1) is 0 Å². The molecule has 2 atom stereocenters. The van der Waals surface area contributed by atoms with Crippen LogP contribution in [0.5, 0.6) is 0 Å². The molecular formula is C61H118O6. The van der Waals surface area contributed by atoms with Crippen LogP contribution in [0.15, 0.2) is 0 Å². The minimum Gasteiger partial charge on any atom is -0.462 e. The van der Waals surface area contributed by atoms with Crippen LogP contribution in [0.25, 0.3) is 0 Å². The number of ether oxygens (including phenoxy) is 3. The molecule has 6 heteroatoms. The first kappa shape index (κ1) is 65.4. The summed E-state index contributed by atoms with van der Waals surface area (Å²) in [5, 5.41) is 0. The molecule has 0 spiro atoms. The predicted octanol–water partition coefficient (Wildman–Crippen LogP) is 20.2. The molecule has 0 saturated carbocycles. The highest BCUT2D eigenvalue weighted by atomic mass is 16.6. The Labute approximate surface area is 418 Å². The summed E-state index contributed by atoms with van der Waals surface area (Å²) in [5.41, 5.74) is 0. The lowest BCUT2D eigenvalue weighted by molar-refractivity contribution is -0.167. The van der Waals surface area contributed by atoms with Gasteiger partial charge in [-0.15, -0.1) is 0 Å². The average molecular weight is 948 g/mol. The first-order chi connectivity index (χ1) is 32.9. The molecule has 6 nitrogen and oxygen atoms in total. The average Bonchev–Trinajstić information content (AvgIpc) is 3.33. The Morgan fingerprint density at radius 2 is 0.522 bits per heavy atom. The van der Waals surface area contributed by atoms with Gasteiger partial charge in [-0.1, -0.05) is 310 Å². The Hall–Kier alpha value is -1.59. The monoisotopic (exact) mass is 947 g/mol. The van der Waals surface area contributed by atoms with Crippen molar-refractivity contribution in [3.05, 3.63) is 0 Å². The van der Waals surface area contributed by atoms with Crippen molar-refractivity contribution >= 4 is 17.9 Å². The van der Waals surface area contributed by atoms with Crippen molar-refractivity contribution in [1.82, 2.24) is 0 Å². The van der Waals surface area contributed by atoms with Crippen LogP contribution in [0.4, 0.5) is 0 Å². The quantitative estimate of drug-likeness (QED) is 0.0343. The number of rotatable bonds is 56. The maximum Gasteiger partial charge on any atom is 0.306 e. The number of esters is 3. The molecule has 0 aliphatic rings. The summed E-state index contributed by atoms with van der Waals surface area (Å²) in [4.78, 5) is 38.1. The van der Waals surface area contributed by atoms with Crippen LogP contribution in [0.2, 0.25) is 0 Å². The maximum absolute atomic E-state index is 12.8. The van der Waals surface area contributed by atoms with E-state index in [1.165, 1.54) is 244 Å². The van der Waals surface area contributed by atoms with E-state index < -0.39 is 6.10 Å². The van der Waals surface area contributed by atoms with Gasteiger partial charge in [-0.25, -0.2) is 0 Å². The smallest absolute Gasteiger partial charge is 0.306 e. The van der Waals surface area contributed by atoms with Gasteiger partial charge in [0.2, 0.25) is 0 Å². The van der Waals surface area contributed by atoms with E-state index >= 15 is 0 Å². The molecule has 0 N–H and O–H groups in total. The third-order valence-electron chi connectivity index (χ3n) is 14.4. The molecule has 0 aromatic rings. The number of unbranched alkanes of at least 4 members (excludes halogenated alkanes) is 42. The molecular weight excluding hydrogens is 829 g/mol. The predicted molar refractivity (Wildman–Crippen MR) is 289 cm³/mol. The molecule has 0 saturated heterocycles. The van der Waals surface area contributed by atoms with E-state index in [0.717, 1.165) is 63.7 Å². The Bertz CT molecular complexity index is 1010. The molecule has 0 aromatic carbocycles. The van der Waals surface area contributed by atoms with Crippen LogP contribution in [0, 0.1) is 5.92 Å². The van der Waals surface area contributed by atoms with Gasteiger partial charge in [-0.05, 0) is 25.2 Å². The largest absolute Gasteiger partial charge is 0.462 e. The summed E-state index contributed by atoms with van der Waals surface area (Å²) in [6, 6.07) is 0. The minimum absolute atomic E-state index is 0.0617. The zero-order chi connectivity index (χ0) is 48.8. The summed E-state index contributed by atoms with van der Waals surface area (Å²) in [6.07, 6.45) is 61.0. The van der Waals surface area contributed by atoms with Crippen molar-refractivity contribution in [2.45, 2.75) is 355 Å². The van der Waals surface area contributed by atoms with E-state index in [0.29, 0.717) is 19.3 Å². The van der Waals surface area contributed by atoms with Gasteiger partial charge in [-0.2, -0.15) is 0 Å². The molecule has 398 valence electrons. The Kier molecular flexibility index (Phi) is 54.0. The lowest BCUT2D eigenvalue weighted by Gasteiger charge is -2.18. The van der Waals surface area contributed by atoms with Gasteiger partial charge in [0, 0.05) is 19.3 Å². The van der Waals surface area contributed by atoms with Crippen LogP contribution in [-0.4, -0.2) is 37.2 Å². The van der Waals surface area contributed by atoms with E-state index in [1.807, 2.05) is 0 Å². The fourth-order valence-corrected chi connectivity index (χ4v) is 9.42. The molecule has 0 fully saturated rings. The van der Waals surface area contributed by atoms with Crippen molar-refractivity contribution in [2.24, 2.45) is 5.92 Å². The summed E-state index contributed by atoms with van der Waals surface area (Å²) in [5.74, 6) is 0.0755. The zero-order valence-electron chi connectivity index (χ0n) is 45.9. The van der Waals surface area contributed by atoms with Crippen molar-refractivity contribution in [2.75, 3.05) is 13.2 Å². The zero-order valence-corrected chi connectivity index (χ0v) is 45.9. The van der Waals surface area contributed by atoms with E-state index in [4.69, 9.17) is 14.2 Å². The van der Waals surface area contributed by atoms with Gasteiger partial charge in [0.1, 0.15) is 13.2 Å². The minimum atomic E-state index is -0.761. The number of carbonyl (C=O) groups is 3. The van der Waals surface area contributed by atoms with Gasteiger partial charge >= 0.3 is 17.9 Å². The van der Waals surface area contributed by atoms with Gasteiger partial charge in [0.25, 0.3) is 0 Å². The summed E-state index contributed by atoms with van der Waals surface area (Å²) >= 11 is 0. The SMILES string of the molecule is CCCCCCCCCCCCCCCCCCCC(=O)OC[C@H](COC(=O)CCCCCCCCCCCCCCCCCCCCC(C)CC)OC(=O)CCCCCCCCCCCC. The molecule has 0 rings (SSSR count). The molecule has 0 bridgehead atoms. The van der Waals surface area contributed by atoms with Gasteiger partial charge in [0.15, 0.2) is 6.10 Å². The highest BCUT2D eigenvalue weighted by molar-refractivity contribution is 5.71. The fraction of sp³-hybridized carbons (Fsp3) is 0.951. The van der Waals surface area contributed by atoms with Crippen LogP contribution in [-0.2, 0) is 28.6 Å². The second-order valence-electron chi connectivity index (χ2n) is 21.2. The number of hydrogen-bond donors (Lipinski definition) is 0. The van der Waals surface area contributed by atoms with Crippen molar-refractivity contribution in [3.63, 3.8) is 0 Å². The molecule has 67 heavy (non-hydrogen) atoms. The highest BCUT2D eigenvalue weighted by Crippen LogP contribution is 2.19. The van der Waals surface area contributed by atoms with Gasteiger partial charge < -0.3 is 14.2 Å². The molecule has 0 aromatic heterocycles. The normalized spacial score (nSPS) is 12.4. The summed E-state index contributed by atoms with van der Waals surface area (Å²) in [7, 11) is 0. The lowest BCUT2D eigenvalue weighted by Crippen LogP contribution is -2.30. The second-order valence-corrected chi connectivity index (χ2v) is 21.2. The number of carbonyl (C=O) groups excluding carboxylic acids is 3.